The van der Waals surface area contributed by atoms with Crippen LogP contribution in [0.1, 0.15) is 66.0 Å². The number of hydrogen-bond acceptors (Lipinski definition) is 7. The van der Waals surface area contributed by atoms with Crippen LogP contribution in [0.2, 0.25) is 0 Å². The maximum Gasteiger partial charge on any atom is 0.348 e. The molecule has 2 heterocycles. The molecule has 1 aliphatic rings. The molecule has 1 saturated carbocycles. The summed E-state index contributed by atoms with van der Waals surface area (Å²) in [4.78, 5) is 26.2. The van der Waals surface area contributed by atoms with Gasteiger partial charge in [-0.1, -0.05) is 34.9 Å². The summed E-state index contributed by atoms with van der Waals surface area (Å²) in [6.45, 7) is 7.96. The van der Waals surface area contributed by atoms with Gasteiger partial charge in [-0.15, -0.1) is 21.5 Å². The van der Waals surface area contributed by atoms with E-state index in [1.807, 2.05) is 27.7 Å². The van der Waals surface area contributed by atoms with Crippen LogP contribution in [0.15, 0.2) is 10.4 Å². The van der Waals surface area contributed by atoms with E-state index in [0.717, 1.165) is 52.8 Å². The molecule has 0 spiro atoms. The molecule has 0 atom stereocenters. The highest BCUT2D eigenvalue weighted by Gasteiger charge is 2.30. The summed E-state index contributed by atoms with van der Waals surface area (Å²) in [5.74, 6) is 5.17. The van der Waals surface area contributed by atoms with Crippen LogP contribution < -0.4 is 4.90 Å². The van der Waals surface area contributed by atoms with Gasteiger partial charge in [-0.05, 0) is 59.4 Å². The number of hydrogen-bond donors (Lipinski definition) is 1. The summed E-state index contributed by atoms with van der Waals surface area (Å²) in [5.41, 5.74) is 0.274. The van der Waals surface area contributed by atoms with Crippen LogP contribution in [0.25, 0.3) is 0 Å². The van der Waals surface area contributed by atoms with Gasteiger partial charge in [0.1, 0.15) is 9.88 Å². The van der Waals surface area contributed by atoms with E-state index in [1.165, 1.54) is 0 Å². The fourth-order valence-electron chi connectivity index (χ4n) is 3.29. The minimum absolute atomic E-state index is 0.00775. The Bertz CT molecular complexity index is 973. The van der Waals surface area contributed by atoms with Crippen molar-refractivity contribution in [1.82, 2.24) is 10.2 Å². The second-order valence-electron chi connectivity index (χ2n) is 8.28. The first kappa shape index (κ1) is 22.8. The summed E-state index contributed by atoms with van der Waals surface area (Å²) in [5, 5.41) is 19.3. The Morgan fingerprint density at radius 1 is 1.27 bits per heavy atom. The predicted molar refractivity (Wildman–Crippen MR) is 123 cm³/mol. The van der Waals surface area contributed by atoms with Gasteiger partial charge in [0.05, 0.1) is 10.6 Å². The topological polar surface area (TPSA) is 83.4 Å². The number of rotatable bonds is 6. The van der Waals surface area contributed by atoms with Crippen molar-refractivity contribution in [2.75, 3.05) is 4.90 Å². The summed E-state index contributed by atoms with van der Waals surface area (Å²) in [6.07, 6.45) is 4.31. The number of thioether (sulfide) groups is 1. The summed E-state index contributed by atoms with van der Waals surface area (Å²) >= 11 is 4.48. The van der Waals surface area contributed by atoms with Crippen LogP contribution in [0.5, 0.6) is 0 Å². The molecule has 0 bridgehead atoms. The molecule has 1 aliphatic carbocycles. The first-order chi connectivity index (χ1) is 14.2. The van der Waals surface area contributed by atoms with Gasteiger partial charge < -0.3 is 10.0 Å². The number of carboxylic acid groups (broad SMARTS) is 1. The van der Waals surface area contributed by atoms with Crippen molar-refractivity contribution < 1.29 is 14.7 Å². The van der Waals surface area contributed by atoms with Crippen LogP contribution in [0.3, 0.4) is 0 Å². The number of aryl methyl sites for hydroxylation is 1. The minimum Gasteiger partial charge on any atom is -0.477 e. The Labute approximate surface area is 189 Å². The Balaban J connectivity index is 1.74. The van der Waals surface area contributed by atoms with E-state index in [1.54, 1.807) is 34.1 Å². The largest absolute Gasteiger partial charge is 0.477 e. The van der Waals surface area contributed by atoms with Crippen molar-refractivity contribution >= 4 is 52.5 Å². The zero-order valence-corrected chi connectivity index (χ0v) is 19.9. The summed E-state index contributed by atoms with van der Waals surface area (Å²) in [6, 6.07) is 1.73. The van der Waals surface area contributed by atoms with Gasteiger partial charge in [-0.25, -0.2) is 4.79 Å². The van der Waals surface area contributed by atoms with E-state index in [4.69, 9.17) is 0 Å². The molecule has 0 aromatic carbocycles. The number of aromatic nitrogens is 2. The zero-order valence-electron chi connectivity index (χ0n) is 17.5. The highest BCUT2D eigenvalue weighted by molar-refractivity contribution is 8.01. The molecule has 1 amide bonds. The fourth-order valence-corrected chi connectivity index (χ4v) is 6.39. The number of carbonyl (C=O) groups excluding carboxylic acids is 1. The minimum atomic E-state index is -1.03. The van der Waals surface area contributed by atoms with Gasteiger partial charge in [0.2, 0.25) is 6.41 Å². The lowest BCUT2D eigenvalue weighted by molar-refractivity contribution is -0.108. The normalized spacial score (nSPS) is 19.1. The third-order valence-corrected chi connectivity index (χ3v) is 7.96. The fraction of sp³-hybridized carbons (Fsp3) is 0.524. The quantitative estimate of drug-likeness (QED) is 0.476. The molecule has 0 saturated heterocycles. The molecule has 1 fully saturated rings. The maximum atomic E-state index is 12.0. The Kier molecular flexibility index (Phi) is 7.22. The van der Waals surface area contributed by atoms with E-state index < -0.39 is 5.97 Å². The van der Waals surface area contributed by atoms with E-state index in [2.05, 4.69) is 22.0 Å². The highest BCUT2D eigenvalue weighted by Crippen LogP contribution is 2.39. The molecule has 0 unspecified atom stereocenters. The predicted octanol–water partition coefficient (Wildman–Crippen LogP) is 5.07. The second-order valence-corrected chi connectivity index (χ2v) is 12.1. The molecule has 160 valence electrons. The Hall–Kier alpha value is -1.89. The SMILES string of the molecule is Cc1nnc(SC2CCC(N(C=O)c3cc(C#CC(C)(C)C)sc3C(=O)O)CC2)s1. The molecule has 2 aromatic rings. The maximum absolute atomic E-state index is 12.0. The zero-order chi connectivity index (χ0) is 21.9. The molecule has 0 aliphatic heterocycles. The van der Waals surface area contributed by atoms with Crippen molar-refractivity contribution in [2.24, 2.45) is 5.41 Å². The van der Waals surface area contributed by atoms with Crippen LogP contribution >= 0.6 is 34.4 Å². The molecule has 2 aromatic heterocycles. The van der Waals surface area contributed by atoms with Gasteiger partial charge in [-0.2, -0.15) is 0 Å². The monoisotopic (exact) mass is 463 g/mol. The molecule has 0 radical (unpaired) electrons. The molecular formula is C21H25N3O3S3. The molecule has 30 heavy (non-hydrogen) atoms. The third kappa shape index (κ3) is 5.84. The molecular weight excluding hydrogens is 438 g/mol. The number of carboxylic acids is 1. The smallest absolute Gasteiger partial charge is 0.348 e. The van der Waals surface area contributed by atoms with E-state index in [0.29, 0.717) is 15.8 Å². The number of thiophene rings is 1. The van der Waals surface area contributed by atoms with Crippen molar-refractivity contribution in [3.63, 3.8) is 0 Å². The molecule has 9 heteroatoms. The highest BCUT2D eigenvalue weighted by atomic mass is 32.2. The molecule has 1 N–H and O–H groups in total. The van der Waals surface area contributed by atoms with Crippen LogP contribution in [0.4, 0.5) is 5.69 Å². The average Bonchev–Trinajstić information content (AvgIpc) is 3.28. The standard InChI is InChI=1S/C21H25N3O3S3/c1-13-22-23-20(28-13)30-15-7-5-14(6-8-15)24(12-25)17-11-16(9-10-21(2,3)4)29-18(17)19(26)27/h11-12,14-15H,5-8H2,1-4H3,(H,26,27). The van der Waals surface area contributed by atoms with Crippen molar-refractivity contribution in [2.45, 2.75) is 69.0 Å². The lowest BCUT2D eigenvalue weighted by Crippen LogP contribution is -2.38. The lowest BCUT2D eigenvalue weighted by atomic mass is 9.93. The van der Waals surface area contributed by atoms with Crippen LogP contribution in [-0.4, -0.2) is 39.0 Å². The number of amides is 1. The van der Waals surface area contributed by atoms with Gasteiger partial charge in [0.15, 0.2) is 4.34 Å². The lowest BCUT2D eigenvalue weighted by Gasteiger charge is -2.34. The first-order valence-electron chi connectivity index (χ1n) is 9.77. The first-order valence-corrected chi connectivity index (χ1v) is 12.3. The van der Waals surface area contributed by atoms with E-state index in [-0.39, 0.29) is 16.3 Å². The van der Waals surface area contributed by atoms with Gasteiger partial charge in [0.25, 0.3) is 0 Å². The number of aromatic carboxylic acids is 1. The van der Waals surface area contributed by atoms with Crippen LogP contribution in [0, 0.1) is 24.2 Å². The van der Waals surface area contributed by atoms with Gasteiger partial charge in [-0.3, -0.25) is 4.79 Å². The van der Waals surface area contributed by atoms with Crippen molar-refractivity contribution in [3.8, 4) is 11.8 Å². The van der Waals surface area contributed by atoms with Crippen molar-refractivity contribution in [1.29, 1.82) is 0 Å². The second kappa shape index (κ2) is 9.50. The average molecular weight is 464 g/mol. The molecule has 3 rings (SSSR count). The number of nitrogens with zero attached hydrogens (tertiary/aromatic N) is 3. The van der Waals surface area contributed by atoms with Gasteiger partial charge in [0, 0.05) is 16.7 Å². The third-order valence-electron chi connectivity index (χ3n) is 4.67. The Morgan fingerprint density at radius 3 is 2.50 bits per heavy atom. The van der Waals surface area contributed by atoms with Crippen LogP contribution in [-0.2, 0) is 4.79 Å². The summed E-state index contributed by atoms with van der Waals surface area (Å²) < 4.78 is 0.983. The van der Waals surface area contributed by atoms with Crippen molar-refractivity contribution in [3.05, 3.63) is 20.8 Å². The molecule has 6 nitrogen and oxygen atoms in total. The van der Waals surface area contributed by atoms with E-state index in [9.17, 15) is 14.7 Å². The van der Waals surface area contributed by atoms with E-state index >= 15 is 0 Å². The Morgan fingerprint density at radius 2 is 1.97 bits per heavy atom. The number of carbonyl (C=O) groups is 2. The van der Waals surface area contributed by atoms with Gasteiger partial charge >= 0.3 is 5.97 Å². The summed E-state index contributed by atoms with van der Waals surface area (Å²) in [7, 11) is 0. The number of anilines is 1.